The second-order valence-corrected chi connectivity index (χ2v) is 7.27. The van der Waals surface area contributed by atoms with Crippen molar-refractivity contribution >= 4 is 15.9 Å². The molecule has 4 rings (SSSR count). The number of fused-ring (bicyclic) bond motifs is 2. The van der Waals surface area contributed by atoms with Gasteiger partial charge in [0.25, 0.3) is 0 Å². The van der Waals surface area contributed by atoms with E-state index in [1.807, 2.05) is 18.2 Å². The maximum absolute atomic E-state index is 6.15. The summed E-state index contributed by atoms with van der Waals surface area (Å²) < 4.78 is 7.21. The third-order valence-electron chi connectivity index (χ3n) is 4.61. The van der Waals surface area contributed by atoms with E-state index in [9.17, 15) is 0 Å². The molecule has 0 spiro atoms. The summed E-state index contributed by atoms with van der Waals surface area (Å²) in [7, 11) is 0. The normalized spacial score (nSPS) is 14.6. The number of hydrogen-bond acceptors (Lipinski definition) is 1. The highest BCUT2D eigenvalue weighted by Crippen LogP contribution is 2.50. The van der Waals surface area contributed by atoms with E-state index in [4.69, 9.17) is 4.74 Å². The van der Waals surface area contributed by atoms with E-state index in [2.05, 4.69) is 78.3 Å². The second-order valence-electron chi connectivity index (χ2n) is 6.42. The van der Waals surface area contributed by atoms with Crippen LogP contribution in [0.5, 0.6) is 11.5 Å². The van der Waals surface area contributed by atoms with E-state index >= 15 is 0 Å². The van der Waals surface area contributed by atoms with E-state index in [0.717, 1.165) is 16.0 Å². The van der Waals surface area contributed by atoms with Gasteiger partial charge >= 0.3 is 0 Å². The summed E-state index contributed by atoms with van der Waals surface area (Å²) in [6.07, 6.45) is 0. The average Bonchev–Trinajstić information content (AvgIpc) is 2.55. The van der Waals surface area contributed by atoms with Gasteiger partial charge in [0.2, 0.25) is 0 Å². The highest BCUT2D eigenvalue weighted by atomic mass is 79.9. The van der Waals surface area contributed by atoms with Gasteiger partial charge in [-0.15, -0.1) is 0 Å². The summed E-state index contributed by atoms with van der Waals surface area (Å²) in [6, 6.07) is 23.1. The first-order chi connectivity index (χ1) is 11.1. The lowest BCUT2D eigenvalue weighted by Gasteiger charge is -2.35. The van der Waals surface area contributed by atoms with Crippen LogP contribution in [-0.2, 0) is 5.41 Å². The molecule has 0 N–H and O–H groups in total. The average molecular weight is 365 g/mol. The van der Waals surface area contributed by atoms with Gasteiger partial charge in [-0.1, -0.05) is 78.3 Å². The van der Waals surface area contributed by atoms with Crippen molar-refractivity contribution in [3.05, 3.63) is 82.3 Å². The van der Waals surface area contributed by atoms with E-state index in [1.54, 1.807) is 0 Å². The molecule has 0 radical (unpaired) electrons. The minimum atomic E-state index is -0.0889. The van der Waals surface area contributed by atoms with Crippen LogP contribution in [0.3, 0.4) is 0 Å². The smallest absolute Gasteiger partial charge is 0.132 e. The number of hydrogen-bond donors (Lipinski definition) is 0. The SMILES string of the molecule is CC1(C)c2ccccc2Oc2cc(Br)c(-c3ccccc3)cc21. The fourth-order valence-electron chi connectivity index (χ4n) is 3.30. The minimum Gasteiger partial charge on any atom is -0.457 e. The quantitative estimate of drug-likeness (QED) is 0.475. The monoisotopic (exact) mass is 364 g/mol. The molecule has 0 saturated heterocycles. The molecule has 0 bridgehead atoms. The largest absolute Gasteiger partial charge is 0.457 e. The zero-order chi connectivity index (χ0) is 16.0. The molecule has 0 aromatic heterocycles. The topological polar surface area (TPSA) is 9.23 Å². The Hall–Kier alpha value is -2.06. The maximum atomic E-state index is 6.15. The molecule has 0 atom stereocenters. The van der Waals surface area contributed by atoms with Gasteiger partial charge in [0.05, 0.1) is 0 Å². The van der Waals surface area contributed by atoms with Crippen LogP contribution in [0.2, 0.25) is 0 Å². The van der Waals surface area contributed by atoms with Crippen LogP contribution in [0.15, 0.2) is 71.2 Å². The highest BCUT2D eigenvalue weighted by Gasteiger charge is 2.34. The van der Waals surface area contributed by atoms with Crippen molar-refractivity contribution in [1.82, 2.24) is 0 Å². The number of benzene rings is 3. The van der Waals surface area contributed by atoms with E-state index in [-0.39, 0.29) is 5.41 Å². The fraction of sp³-hybridized carbons (Fsp3) is 0.143. The van der Waals surface area contributed by atoms with Gasteiger partial charge in [0.15, 0.2) is 0 Å². The predicted molar refractivity (Wildman–Crippen MR) is 98.2 cm³/mol. The Morgan fingerprint density at radius 1 is 0.783 bits per heavy atom. The first-order valence-corrected chi connectivity index (χ1v) is 8.53. The second kappa shape index (κ2) is 5.24. The first kappa shape index (κ1) is 14.5. The van der Waals surface area contributed by atoms with Crippen molar-refractivity contribution in [1.29, 1.82) is 0 Å². The van der Waals surface area contributed by atoms with Crippen LogP contribution in [0.25, 0.3) is 11.1 Å². The first-order valence-electron chi connectivity index (χ1n) is 7.74. The van der Waals surface area contributed by atoms with Gasteiger partial charge in [-0.25, -0.2) is 0 Å². The molecular formula is C21H17BrO. The summed E-state index contributed by atoms with van der Waals surface area (Å²) in [4.78, 5) is 0. The Balaban J connectivity index is 1.94. The van der Waals surface area contributed by atoms with Crippen molar-refractivity contribution in [3.8, 4) is 22.6 Å². The molecule has 3 aromatic rings. The maximum Gasteiger partial charge on any atom is 0.132 e. The number of halogens is 1. The Kier molecular flexibility index (Phi) is 3.31. The molecule has 0 saturated carbocycles. The Morgan fingerprint density at radius 3 is 2.26 bits per heavy atom. The van der Waals surface area contributed by atoms with Crippen LogP contribution in [0.1, 0.15) is 25.0 Å². The van der Waals surface area contributed by atoms with Crippen LogP contribution >= 0.6 is 15.9 Å². The van der Waals surface area contributed by atoms with Gasteiger partial charge < -0.3 is 4.74 Å². The fourth-order valence-corrected chi connectivity index (χ4v) is 3.85. The molecule has 114 valence electrons. The lowest BCUT2D eigenvalue weighted by Crippen LogP contribution is -2.24. The predicted octanol–water partition coefficient (Wildman–Crippen LogP) is 6.55. The number of para-hydroxylation sites is 1. The summed E-state index contributed by atoms with van der Waals surface area (Å²) in [5.74, 6) is 1.88. The standard InChI is InChI=1S/C21H17BrO/c1-21(2)16-10-6-7-11-19(16)23-20-13-18(22)15(12-17(20)21)14-8-4-3-5-9-14/h3-13H,1-2H3. The molecule has 0 unspecified atom stereocenters. The lowest BCUT2D eigenvalue weighted by molar-refractivity contribution is 0.418. The van der Waals surface area contributed by atoms with Gasteiger partial charge in [0, 0.05) is 21.0 Å². The molecule has 1 aliphatic heterocycles. The zero-order valence-corrected chi connectivity index (χ0v) is 14.7. The third kappa shape index (κ3) is 2.29. The molecule has 2 heteroatoms. The molecule has 1 aliphatic rings. The highest BCUT2D eigenvalue weighted by molar-refractivity contribution is 9.10. The van der Waals surface area contributed by atoms with Gasteiger partial charge in [-0.2, -0.15) is 0 Å². The van der Waals surface area contributed by atoms with Crippen LogP contribution in [-0.4, -0.2) is 0 Å². The van der Waals surface area contributed by atoms with Crippen molar-refractivity contribution in [3.63, 3.8) is 0 Å². The molecule has 3 aromatic carbocycles. The van der Waals surface area contributed by atoms with Crippen LogP contribution in [0, 0.1) is 0 Å². The Labute approximate surface area is 145 Å². The van der Waals surface area contributed by atoms with Gasteiger partial charge in [-0.3, -0.25) is 0 Å². The van der Waals surface area contributed by atoms with E-state index in [1.165, 1.54) is 22.3 Å². The molecule has 23 heavy (non-hydrogen) atoms. The molecule has 1 heterocycles. The molecule has 0 aliphatic carbocycles. The molecule has 1 nitrogen and oxygen atoms in total. The summed E-state index contributed by atoms with van der Waals surface area (Å²) in [5.41, 5.74) is 4.76. The number of ether oxygens (including phenoxy) is 1. The molecular weight excluding hydrogens is 348 g/mol. The number of rotatable bonds is 1. The Morgan fingerprint density at radius 2 is 1.48 bits per heavy atom. The van der Waals surface area contributed by atoms with Crippen molar-refractivity contribution in [2.45, 2.75) is 19.3 Å². The summed E-state index contributed by atoms with van der Waals surface area (Å²) >= 11 is 3.71. The van der Waals surface area contributed by atoms with Crippen molar-refractivity contribution in [2.24, 2.45) is 0 Å². The third-order valence-corrected chi connectivity index (χ3v) is 5.26. The summed E-state index contributed by atoms with van der Waals surface area (Å²) in [6.45, 7) is 4.52. The molecule has 0 amide bonds. The molecule has 0 fully saturated rings. The minimum absolute atomic E-state index is 0.0889. The van der Waals surface area contributed by atoms with E-state index in [0.29, 0.717) is 0 Å². The van der Waals surface area contributed by atoms with Crippen LogP contribution in [0.4, 0.5) is 0 Å². The van der Waals surface area contributed by atoms with E-state index < -0.39 is 0 Å². The van der Waals surface area contributed by atoms with Gasteiger partial charge in [0.1, 0.15) is 11.5 Å². The summed E-state index contributed by atoms with van der Waals surface area (Å²) in [5, 5.41) is 0. The van der Waals surface area contributed by atoms with Crippen LogP contribution < -0.4 is 4.74 Å². The zero-order valence-electron chi connectivity index (χ0n) is 13.1. The van der Waals surface area contributed by atoms with Crippen molar-refractivity contribution < 1.29 is 4.74 Å². The lowest BCUT2D eigenvalue weighted by atomic mass is 9.75. The Bertz CT molecular complexity index is 882. The van der Waals surface area contributed by atoms with Crippen molar-refractivity contribution in [2.75, 3.05) is 0 Å². The van der Waals surface area contributed by atoms with Gasteiger partial charge in [-0.05, 0) is 29.3 Å².